The van der Waals surface area contributed by atoms with Crippen molar-refractivity contribution in [1.29, 1.82) is 0 Å². The van der Waals surface area contributed by atoms with Crippen molar-refractivity contribution < 1.29 is 9.53 Å². The van der Waals surface area contributed by atoms with Crippen molar-refractivity contribution in [3.63, 3.8) is 0 Å². The van der Waals surface area contributed by atoms with Crippen LogP contribution in [0.25, 0.3) is 5.65 Å². The molecule has 26 heavy (non-hydrogen) atoms. The third-order valence-electron chi connectivity index (χ3n) is 3.99. The molecule has 0 spiro atoms. The number of carbonyl (C=O) groups is 1. The Morgan fingerprint density at radius 1 is 1.15 bits per heavy atom. The van der Waals surface area contributed by atoms with Crippen molar-refractivity contribution in [2.45, 2.75) is 32.3 Å². The average Bonchev–Trinajstić information content (AvgIpc) is 2.59. The summed E-state index contributed by atoms with van der Waals surface area (Å²) in [6.45, 7) is 5.90. The molecule has 0 aliphatic carbocycles. The van der Waals surface area contributed by atoms with E-state index in [9.17, 15) is 9.59 Å². The smallest absolute Gasteiger partial charge is 0.316 e. The van der Waals surface area contributed by atoms with Gasteiger partial charge in [0.2, 0.25) is 0 Å². The van der Waals surface area contributed by atoms with Gasteiger partial charge in [-0.1, -0.05) is 23.8 Å². The van der Waals surface area contributed by atoms with Crippen LogP contribution in [-0.4, -0.2) is 21.1 Å². The second-order valence-electron chi connectivity index (χ2n) is 6.16. The van der Waals surface area contributed by atoms with Crippen LogP contribution in [0.3, 0.4) is 0 Å². The lowest BCUT2D eigenvalue weighted by Crippen LogP contribution is -2.18. The van der Waals surface area contributed by atoms with Gasteiger partial charge in [0.15, 0.2) is 0 Å². The highest BCUT2D eigenvalue weighted by Crippen LogP contribution is 2.23. The second kappa shape index (κ2) is 7.74. The summed E-state index contributed by atoms with van der Waals surface area (Å²) in [5, 5.41) is 0. The molecule has 0 radical (unpaired) electrons. The molecule has 3 aromatic rings. The van der Waals surface area contributed by atoms with Gasteiger partial charge in [0.05, 0.1) is 11.4 Å². The standard InChI is InChI=1S/C20H20N2O3S/c1-13-7-8-17(14(2)9-13)26-12-20(24)25-11-16-10-19(23)22-15(3)5-4-6-18(22)21-16/h4-10H,11-12H2,1-3H3. The first-order valence-corrected chi connectivity index (χ1v) is 9.26. The molecule has 0 fully saturated rings. The van der Waals surface area contributed by atoms with Gasteiger partial charge < -0.3 is 4.74 Å². The summed E-state index contributed by atoms with van der Waals surface area (Å²) in [6.07, 6.45) is 0. The summed E-state index contributed by atoms with van der Waals surface area (Å²) in [4.78, 5) is 29.7. The monoisotopic (exact) mass is 368 g/mol. The van der Waals surface area contributed by atoms with Gasteiger partial charge in [0, 0.05) is 16.7 Å². The maximum atomic E-state index is 12.2. The van der Waals surface area contributed by atoms with Crippen molar-refractivity contribution in [1.82, 2.24) is 9.38 Å². The topological polar surface area (TPSA) is 60.7 Å². The molecule has 0 aliphatic heterocycles. The molecule has 2 heterocycles. The summed E-state index contributed by atoms with van der Waals surface area (Å²) in [5.74, 6) is -0.114. The van der Waals surface area contributed by atoms with Gasteiger partial charge >= 0.3 is 5.97 Å². The number of thioether (sulfide) groups is 1. The van der Waals surface area contributed by atoms with Crippen molar-refractivity contribution in [2.75, 3.05) is 5.75 Å². The van der Waals surface area contributed by atoms with Crippen molar-refractivity contribution in [2.24, 2.45) is 0 Å². The number of nitrogens with zero attached hydrogens (tertiary/aromatic N) is 2. The molecule has 1 aromatic carbocycles. The Hall–Kier alpha value is -2.60. The van der Waals surface area contributed by atoms with Crippen molar-refractivity contribution in [3.05, 3.63) is 75.3 Å². The minimum Gasteiger partial charge on any atom is -0.459 e. The fraction of sp³-hybridized carbons (Fsp3) is 0.250. The van der Waals surface area contributed by atoms with E-state index in [0.29, 0.717) is 11.3 Å². The molecule has 0 saturated heterocycles. The number of aryl methyl sites for hydroxylation is 3. The first-order valence-electron chi connectivity index (χ1n) is 8.28. The Labute approximate surface area is 156 Å². The predicted molar refractivity (Wildman–Crippen MR) is 103 cm³/mol. The number of carbonyl (C=O) groups excluding carboxylic acids is 1. The maximum absolute atomic E-state index is 12.2. The molecular formula is C20H20N2O3S. The number of aromatic nitrogens is 2. The first-order chi connectivity index (χ1) is 12.4. The molecule has 0 N–H and O–H groups in total. The number of ether oxygens (including phenoxy) is 1. The highest BCUT2D eigenvalue weighted by molar-refractivity contribution is 8.00. The molecule has 2 aromatic heterocycles. The molecule has 134 valence electrons. The van der Waals surface area contributed by atoms with Gasteiger partial charge in [0.1, 0.15) is 12.3 Å². The number of rotatable bonds is 5. The van der Waals surface area contributed by atoms with Crippen LogP contribution >= 0.6 is 11.8 Å². The largest absolute Gasteiger partial charge is 0.459 e. The maximum Gasteiger partial charge on any atom is 0.316 e. The number of fused-ring (bicyclic) bond motifs is 1. The van der Waals surface area contributed by atoms with E-state index in [-0.39, 0.29) is 23.9 Å². The number of esters is 1. The van der Waals surface area contributed by atoms with Gasteiger partial charge in [-0.05, 0) is 44.5 Å². The highest BCUT2D eigenvalue weighted by Gasteiger charge is 2.09. The van der Waals surface area contributed by atoms with E-state index < -0.39 is 0 Å². The molecule has 0 unspecified atom stereocenters. The van der Waals surface area contributed by atoms with E-state index in [1.165, 1.54) is 27.8 Å². The summed E-state index contributed by atoms with van der Waals surface area (Å²) in [5.41, 5.74) is 3.97. The summed E-state index contributed by atoms with van der Waals surface area (Å²) in [6, 6.07) is 13.0. The Morgan fingerprint density at radius 3 is 2.73 bits per heavy atom. The van der Waals surface area contributed by atoms with Gasteiger partial charge in [-0.15, -0.1) is 11.8 Å². The molecule has 3 rings (SSSR count). The molecular weight excluding hydrogens is 348 g/mol. The third-order valence-corrected chi connectivity index (χ3v) is 5.14. The van der Waals surface area contributed by atoms with E-state index in [2.05, 4.69) is 11.1 Å². The Balaban J connectivity index is 1.62. The van der Waals surface area contributed by atoms with Crippen molar-refractivity contribution in [3.8, 4) is 0 Å². The van der Waals surface area contributed by atoms with E-state index in [1.807, 2.05) is 45.0 Å². The molecule has 0 aliphatic rings. The lowest BCUT2D eigenvalue weighted by Gasteiger charge is -2.08. The zero-order valence-corrected chi connectivity index (χ0v) is 15.8. The minimum atomic E-state index is -0.332. The lowest BCUT2D eigenvalue weighted by atomic mass is 10.2. The Bertz CT molecular complexity index is 1030. The lowest BCUT2D eigenvalue weighted by molar-refractivity contribution is -0.141. The predicted octanol–water partition coefficient (Wildman–Crippen LogP) is 3.46. The van der Waals surface area contributed by atoms with E-state index in [4.69, 9.17) is 4.74 Å². The Kier molecular flexibility index (Phi) is 5.42. The zero-order chi connectivity index (χ0) is 18.7. The highest BCUT2D eigenvalue weighted by atomic mass is 32.2. The van der Waals surface area contributed by atoms with Gasteiger partial charge in [0.25, 0.3) is 5.56 Å². The van der Waals surface area contributed by atoms with E-state index in [1.54, 1.807) is 6.07 Å². The number of hydrogen-bond donors (Lipinski definition) is 0. The van der Waals surface area contributed by atoms with Crippen LogP contribution in [0.1, 0.15) is 22.5 Å². The van der Waals surface area contributed by atoms with Gasteiger partial charge in [-0.2, -0.15) is 0 Å². The SMILES string of the molecule is Cc1ccc(SCC(=O)OCc2cc(=O)n3c(C)cccc3n2)c(C)c1. The molecule has 0 atom stereocenters. The fourth-order valence-electron chi connectivity index (χ4n) is 2.73. The molecule has 6 heteroatoms. The molecule has 0 bridgehead atoms. The third kappa shape index (κ3) is 4.14. The average molecular weight is 368 g/mol. The van der Waals surface area contributed by atoms with Crippen molar-refractivity contribution >= 4 is 23.4 Å². The van der Waals surface area contributed by atoms with Crippen LogP contribution in [0.15, 0.2) is 52.2 Å². The summed E-state index contributed by atoms with van der Waals surface area (Å²) < 4.78 is 6.81. The van der Waals surface area contributed by atoms with Crippen LogP contribution in [0.5, 0.6) is 0 Å². The Morgan fingerprint density at radius 2 is 1.96 bits per heavy atom. The van der Waals surface area contributed by atoms with Crippen LogP contribution in [-0.2, 0) is 16.1 Å². The van der Waals surface area contributed by atoms with E-state index >= 15 is 0 Å². The summed E-state index contributed by atoms with van der Waals surface area (Å²) >= 11 is 1.45. The minimum absolute atomic E-state index is 0.00798. The van der Waals surface area contributed by atoms with Crippen LogP contribution < -0.4 is 5.56 Å². The van der Waals surface area contributed by atoms with Crippen LogP contribution in [0.2, 0.25) is 0 Å². The normalized spacial score (nSPS) is 10.9. The first kappa shape index (κ1) is 18.2. The summed E-state index contributed by atoms with van der Waals surface area (Å²) in [7, 11) is 0. The second-order valence-corrected chi connectivity index (χ2v) is 7.18. The van der Waals surface area contributed by atoms with Crippen LogP contribution in [0.4, 0.5) is 0 Å². The zero-order valence-electron chi connectivity index (χ0n) is 15.0. The van der Waals surface area contributed by atoms with Gasteiger partial charge in [-0.3, -0.25) is 14.0 Å². The molecule has 5 nitrogen and oxygen atoms in total. The van der Waals surface area contributed by atoms with Gasteiger partial charge in [-0.25, -0.2) is 4.98 Å². The quantitative estimate of drug-likeness (QED) is 0.510. The molecule has 0 saturated carbocycles. The number of benzene rings is 1. The molecule has 0 amide bonds. The van der Waals surface area contributed by atoms with Crippen LogP contribution in [0, 0.1) is 20.8 Å². The fourth-order valence-corrected chi connectivity index (χ4v) is 3.54. The number of hydrogen-bond acceptors (Lipinski definition) is 5. The number of pyridine rings is 1. The van der Waals surface area contributed by atoms with E-state index in [0.717, 1.165) is 16.2 Å².